The zero-order valence-electron chi connectivity index (χ0n) is 22.5. The van der Waals surface area contributed by atoms with Crippen molar-refractivity contribution in [1.29, 1.82) is 0 Å². The van der Waals surface area contributed by atoms with Crippen molar-refractivity contribution < 1.29 is 9.84 Å². The quantitative estimate of drug-likeness (QED) is 0.521. The van der Waals surface area contributed by atoms with E-state index >= 15 is 0 Å². The number of piperidine rings is 1. The molecule has 2 atom stereocenters. The van der Waals surface area contributed by atoms with E-state index in [0.29, 0.717) is 12.2 Å². The van der Waals surface area contributed by atoms with Gasteiger partial charge in [-0.25, -0.2) is 9.97 Å². The van der Waals surface area contributed by atoms with E-state index in [2.05, 4.69) is 27.9 Å². The molecule has 0 saturated carbocycles. The fourth-order valence-corrected chi connectivity index (χ4v) is 6.60. The summed E-state index contributed by atoms with van der Waals surface area (Å²) in [4.78, 5) is 24.3. The van der Waals surface area contributed by atoms with Gasteiger partial charge in [-0.3, -0.25) is 14.7 Å². The molecule has 11 heteroatoms. The normalized spacial score (nSPS) is 23.7. The summed E-state index contributed by atoms with van der Waals surface area (Å²) in [5, 5.41) is 14.6. The summed E-state index contributed by atoms with van der Waals surface area (Å²) in [6.45, 7) is 5.58. The number of aliphatic imine (C=N–C) groups is 1. The van der Waals surface area contributed by atoms with Crippen molar-refractivity contribution in [3.8, 4) is 11.3 Å². The Hall–Kier alpha value is -3.41. The number of amidine groups is 1. The zero-order valence-corrected chi connectivity index (χ0v) is 22.5. The van der Waals surface area contributed by atoms with Gasteiger partial charge >= 0.3 is 0 Å². The summed E-state index contributed by atoms with van der Waals surface area (Å²) in [6.07, 6.45) is 7.70. The fraction of sp³-hybridized carbons (Fsp3) is 0.536. The first-order chi connectivity index (χ1) is 19.0. The molecule has 0 radical (unpaired) electrons. The highest BCUT2D eigenvalue weighted by Crippen LogP contribution is 2.42. The highest BCUT2D eigenvalue weighted by Gasteiger charge is 2.48. The number of nitrogens with zero attached hydrogens (tertiary/aromatic N) is 8. The Morgan fingerprint density at radius 2 is 1.97 bits per heavy atom. The number of pyridine rings is 1. The third-order valence-corrected chi connectivity index (χ3v) is 8.96. The maximum absolute atomic E-state index is 10.3. The molecule has 11 nitrogen and oxygen atoms in total. The molecule has 39 heavy (non-hydrogen) atoms. The highest BCUT2D eigenvalue weighted by atomic mass is 16.5. The lowest BCUT2D eigenvalue weighted by atomic mass is 9.73. The number of rotatable bonds is 3. The van der Waals surface area contributed by atoms with Crippen molar-refractivity contribution in [2.75, 3.05) is 36.0 Å². The molecule has 2 fully saturated rings. The molecule has 204 valence electrons. The topological polar surface area (TPSA) is 131 Å². The van der Waals surface area contributed by atoms with Gasteiger partial charge < -0.3 is 25.4 Å². The third-order valence-electron chi connectivity index (χ3n) is 8.96. The van der Waals surface area contributed by atoms with Crippen molar-refractivity contribution in [2.45, 2.75) is 57.9 Å². The number of hydrogen-bond donors (Lipinski definition) is 2. The van der Waals surface area contributed by atoms with Crippen LogP contribution in [0.15, 0.2) is 29.5 Å². The van der Waals surface area contributed by atoms with Gasteiger partial charge in [0, 0.05) is 49.9 Å². The van der Waals surface area contributed by atoms with Crippen LogP contribution in [0.5, 0.6) is 0 Å². The van der Waals surface area contributed by atoms with E-state index < -0.39 is 0 Å². The van der Waals surface area contributed by atoms with Crippen LogP contribution in [0.1, 0.15) is 49.0 Å². The number of aliphatic hydroxyl groups excluding tert-OH is 1. The average molecular weight is 530 g/mol. The number of nitrogens with two attached hydrogens (primary N) is 1. The second kappa shape index (κ2) is 9.35. The smallest absolute Gasteiger partial charge is 0.156 e. The molecule has 0 aromatic carbocycles. The van der Waals surface area contributed by atoms with Gasteiger partial charge in [-0.15, -0.1) is 0 Å². The molecule has 0 aliphatic carbocycles. The summed E-state index contributed by atoms with van der Waals surface area (Å²) in [5.41, 5.74) is 12.8. The van der Waals surface area contributed by atoms with E-state index in [1.54, 1.807) is 4.68 Å². The number of ether oxygens (including phenoxy) is 1. The van der Waals surface area contributed by atoms with Gasteiger partial charge in [-0.2, -0.15) is 5.10 Å². The van der Waals surface area contributed by atoms with Crippen LogP contribution in [0.3, 0.4) is 0 Å². The first-order valence-corrected chi connectivity index (χ1v) is 13.9. The number of aliphatic hydroxyl groups is 1. The van der Waals surface area contributed by atoms with E-state index in [0.717, 1.165) is 97.6 Å². The lowest BCUT2D eigenvalue weighted by Crippen LogP contribution is -2.51. The number of aromatic nitrogens is 5. The molecule has 3 aromatic heterocycles. The lowest BCUT2D eigenvalue weighted by molar-refractivity contribution is 0.0973. The zero-order chi connectivity index (χ0) is 26.7. The monoisotopic (exact) mass is 529 g/mol. The molecule has 7 rings (SSSR count). The SMILES string of the molecule is C[C@@H]1OCC2(CCN(c3nc4c(nc3CO)C(N3CCCc5nc(-c6cnn(C)c6)ccc53)=NC4)CC2)[C@@H]1N. The van der Waals surface area contributed by atoms with Gasteiger partial charge in [-0.05, 0) is 44.7 Å². The van der Waals surface area contributed by atoms with Gasteiger partial charge in [0.15, 0.2) is 11.7 Å². The van der Waals surface area contributed by atoms with Crippen molar-refractivity contribution in [3.63, 3.8) is 0 Å². The van der Waals surface area contributed by atoms with Crippen LogP contribution in [0.25, 0.3) is 11.3 Å². The Morgan fingerprint density at radius 1 is 1.13 bits per heavy atom. The van der Waals surface area contributed by atoms with E-state index in [1.165, 1.54) is 0 Å². The van der Waals surface area contributed by atoms with Crippen LogP contribution < -0.4 is 15.5 Å². The maximum Gasteiger partial charge on any atom is 0.156 e. The van der Waals surface area contributed by atoms with Crippen LogP contribution in [-0.4, -0.2) is 74.1 Å². The predicted octanol–water partition coefficient (Wildman–Crippen LogP) is 1.81. The summed E-state index contributed by atoms with van der Waals surface area (Å²) in [5.74, 6) is 1.58. The number of aryl methyl sites for hydroxylation is 2. The number of anilines is 2. The second-order valence-electron chi connectivity index (χ2n) is 11.3. The van der Waals surface area contributed by atoms with E-state index in [4.69, 9.17) is 30.4 Å². The van der Waals surface area contributed by atoms with Crippen LogP contribution in [0, 0.1) is 5.41 Å². The molecule has 0 amide bonds. The third kappa shape index (κ3) is 4.02. The summed E-state index contributed by atoms with van der Waals surface area (Å²) >= 11 is 0. The minimum absolute atomic E-state index is 0.0301. The Balaban J connectivity index is 1.15. The molecule has 3 aromatic rings. The molecule has 4 aliphatic heterocycles. The Labute approximate surface area is 227 Å². The molecule has 0 unspecified atom stereocenters. The van der Waals surface area contributed by atoms with E-state index in [9.17, 15) is 5.11 Å². The second-order valence-corrected chi connectivity index (χ2v) is 11.3. The molecule has 7 heterocycles. The molecular weight excluding hydrogens is 494 g/mol. The lowest BCUT2D eigenvalue weighted by Gasteiger charge is -2.42. The summed E-state index contributed by atoms with van der Waals surface area (Å²) in [7, 11) is 1.91. The summed E-state index contributed by atoms with van der Waals surface area (Å²) in [6, 6.07) is 4.23. The van der Waals surface area contributed by atoms with Crippen LogP contribution in [0.2, 0.25) is 0 Å². The Morgan fingerprint density at radius 3 is 2.69 bits per heavy atom. The molecule has 2 saturated heterocycles. The fourth-order valence-electron chi connectivity index (χ4n) is 6.60. The first kappa shape index (κ1) is 24.6. The van der Waals surface area contributed by atoms with Crippen LogP contribution in [-0.2, 0) is 31.4 Å². The van der Waals surface area contributed by atoms with Gasteiger partial charge in [0.25, 0.3) is 0 Å². The van der Waals surface area contributed by atoms with Crippen molar-refractivity contribution in [1.82, 2.24) is 24.7 Å². The maximum atomic E-state index is 10.3. The van der Waals surface area contributed by atoms with Gasteiger partial charge in [0.2, 0.25) is 0 Å². The standard InChI is InChI=1S/C28H35N9O2/c1-17-25(29)28(16-39-17)7-10-36(11-8-28)26-22(15-38)33-24-21(34-26)13-30-27(24)37-9-3-4-20-23(37)6-5-19(32-20)18-12-31-35(2)14-18/h5-6,12,14,17,25,38H,3-4,7-11,13,15-16,29H2,1-2H3/t17-,25+/m0/s1. The predicted molar refractivity (Wildman–Crippen MR) is 148 cm³/mol. The van der Waals surface area contributed by atoms with Gasteiger partial charge in [0.05, 0.1) is 54.8 Å². The Bertz CT molecular complexity index is 1440. The van der Waals surface area contributed by atoms with Crippen molar-refractivity contribution in [3.05, 3.63) is 47.3 Å². The molecular formula is C28H35N9O2. The Kier molecular flexibility index (Phi) is 5.91. The highest BCUT2D eigenvalue weighted by molar-refractivity contribution is 6.11. The number of hydrogen-bond acceptors (Lipinski definition) is 10. The molecule has 0 bridgehead atoms. The summed E-state index contributed by atoms with van der Waals surface area (Å²) < 4.78 is 7.68. The number of fused-ring (bicyclic) bond motifs is 2. The van der Waals surface area contributed by atoms with Crippen molar-refractivity contribution in [2.24, 2.45) is 23.2 Å². The minimum Gasteiger partial charge on any atom is -0.390 e. The van der Waals surface area contributed by atoms with Gasteiger partial charge in [-0.1, -0.05) is 0 Å². The minimum atomic E-state index is -0.170. The molecule has 4 aliphatic rings. The van der Waals surface area contributed by atoms with E-state index in [-0.39, 0.29) is 24.2 Å². The van der Waals surface area contributed by atoms with Crippen LogP contribution >= 0.6 is 0 Å². The van der Waals surface area contributed by atoms with Crippen LogP contribution in [0.4, 0.5) is 11.5 Å². The first-order valence-electron chi connectivity index (χ1n) is 13.9. The van der Waals surface area contributed by atoms with E-state index in [1.807, 2.05) is 25.5 Å². The average Bonchev–Trinajstić information content (AvgIpc) is 3.66. The molecule has 3 N–H and O–H groups in total. The molecule has 1 spiro atoms. The van der Waals surface area contributed by atoms with Gasteiger partial charge in [0.1, 0.15) is 11.4 Å². The van der Waals surface area contributed by atoms with Crippen molar-refractivity contribution >= 4 is 17.3 Å². The largest absolute Gasteiger partial charge is 0.390 e.